The summed E-state index contributed by atoms with van der Waals surface area (Å²) in [5, 5.41) is 28.5. The first kappa shape index (κ1) is 23.1. The van der Waals surface area contributed by atoms with Crippen molar-refractivity contribution < 1.29 is 19.0 Å². The predicted molar refractivity (Wildman–Crippen MR) is 130 cm³/mol. The van der Waals surface area contributed by atoms with Gasteiger partial charge in [-0.1, -0.05) is 13.8 Å². The number of ether oxygens (including phenoxy) is 1. The summed E-state index contributed by atoms with van der Waals surface area (Å²) < 4.78 is 22.1. The molecule has 7 nitrogen and oxygen atoms in total. The molecule has 0 radical (unpaired) electrons. The maximum atomic E-state index is 14.2. The highest BCUT2D eigenvalue weighted by atomic mass is 19.1. The van der Waals surface area contributed by atoms with E-state index in [1.54, 1.807) is 32.2 Å². The van der Waals surface area contributed by atoms with Crippen molar-refractivity contribution >= 4 is 27.8 Å². The quantitative estimate of drug-likeness (QED) is 0.398. The van der Waals surface area contributed by atoms with Crippen molar-refractivity contribution in [1.82, 2.24) is 14.8 Å². The molecule has 1 aliphatic rings. The molecule has 0 saturated carbocycles. The van der Waals surface area contributed by atoms with E-state index in [0.29, 0.717) is 12.0 Å². The topological polar surface area (TPSA) is 104 Å². The number of nitrogens with zero attached hydrogens (tertiary/aromatic N) is 3. The van der Waals surface area contributed by atoms with E-state index in [9.17, 15) is 19.6 Å². The first-order valence-corrected chi connectivity index (χ1v) is 11.6. The van der Waals surface area contributed by atoms with Crippen molar-refractivity contribution in [2.75, 3.05) is 6.61 Å². The number of nitrogens with one attached hydrogen (secondary N) is 1. The van der Waals surface area contributed by atoms with E-state index >= 15 is 0 Å². The summed E-state index contributed by atoms with van der Waals surface area (Å²) in [5.41, 5.74) is 3.04. The van der Waals surface area contributed by atoms with Crippen LogP contribution in [0.2, 0.25) is 0 Å². The lowest BCUT2D eigenvalue weighted by molar-refractivity contribution is -0.157. The van der Waals surface area contributed by atoms with Crippen LogP contribution in [0.3, 0.4) is 0 Å². The smallest absolute Gasteiger partial charge is 0.335 e. The Morgan fingerprint density at radius 3 is 2.83 bits per heavy atom. The largest absolute Gasteiger partial charge is 0.479 e. The molecule has 1 saturated heterocycles. The molecule has 3 heterocycles. The van der Waals surface area contributed by atoms with Crippen LogP contribution < -0.4 is 0 Å². The summed E-state index contributed by atoms with van der Waals surface area (Å²) in [6.45, 7) is 7.61. The lowest BCUT2D eigenvalue weighted by Gasteiger charge is -2.28. The van der Waals surface area contributed by atoms with Gasteiger partial charge >= 0.3 is 5.97 Å². The van der Waals surface area contributed by atoms with Gasteiger partial charge in [0.15, 0.2) is 5.60 Å². The zero-order valence-corrected chi connectivity index (χ0v) is 20.1. The second kappa shape index (κ2) is 7.92. The van der Waals surface area contributed by atoms with Gasteiger partial charge in [0.2, 0.25) is 0 Å². The number of halogens is 1. The second-order valence-electron chi connectivity index (χ2n) is 10.3. The van der Waals surface area contributed by atoms with Crippen LogP contribution in [-0.4, -0.2) is 38.0 Å². The molecule has 8 heteroatoms. The number of rotatable bonds is 5. The van der Waals surface area contributed by atoms with Crippen molar-refractivity contribution in [2.24, 2.45) is 0 Å². The van der Waals surface area contributed by atoms with Gasteiger partial charge in [-0.25, -0.2) is 9.18 Å². The molecule has 2 N–H and O–H groups in total. The van der Waals surface area contributed by atoms with Gasteiger partial charge in [-0.15, -0.1) is 0 Å². The highest BCUT2D eigenvalue weighted by molar-refractivity contribution is 5.99. The average molecular weight is 475 g/mol. The lowest BCUT2D eigenvalue weighted by Crippen LogP contribution is -2.34. The molecule has 0 amide bonds. The van der Waals surface area contributed by atoms with Crippen LogP contribution in [0.15, 0.2) is 36.5 Å². The van der Waals surface area contributed by atoms with Crippen LogP contribution in [0.1, 0.15) is 56.4 Å². The van der Waals surface area contributed by atoms with Gasteiger partial charge in [0.25, 0.3) is 0 Å². The Hall–Kier alpha value is -3.70. The average Bonchev–Trinajstić information content (AvgIpc) is 3.50. The number of aliphatic carboxylic acids is 1. The number of H-pyrrole nitrogens is 1. The standard InChI is InChI=1S/C27H27FN4O3/c1-15-9-18(5-6-20(15)28)32-22-10-16-13-30-31-21(16)11-19(22)23(24(32)26(2,3)7-8-29)17-12-27(4,25(33)34)35-14-17/h5-6,9-11,13,17H,7,12,14H2,1-4H3,(H,30,31)(H,33,34)/t17-,27+/m0/s1. The Morgan fingerprint density at radius 1 is 1.40 bits per heavy atom. The van der Waals surface area contributed by atoms with Crippen molar-refractivity contribution in [3.05, 3.63) is 59.2 Å². The minimum absolute atomic E-state index is 0.199. The molecular formula is C27H27FN4O3. The van der Waals surface area contributed by atoms with Crippen LogP contribution in [0, 0.1) is 24.1 Å². The zero-order chi connectivity index (χ0) is 25.1. The van der Waals surface area contributed by atoms with Crippen LogP contribution in [0.4, 0.5) is 4.39 Å². The summed E-state index contributed by atoms with van der Waals surface area (Å²) in [6.07, 6.45) is 2.31. The molecule has 4 aromatic rings. The van der Waals surface area contributed by atoms with E-state index < -0.39 is 17.0 Å². The number of benzene rings is 2. The van der Waals surface area contributed by atoms with Gasteiger partial charge in [0, 0.05) is 39.9 Å². The lowest BCUT2D eigenvalue weighted by atomic mass is 9.79. The maximum Gasteiger partial charge on any atom is 0.335 e. The van der Waals surface area contributed by atoms with Crippen LogP contribution in [0.25, 0.3) is 27.5 Å². The molecule has 1 aliphatic heterocycles. The first-order chi connectivity index (χ1) is 16.6. The highest BCUT2D eigenvalue weighted by Gasteiger charge is 2.46. The number of carboxylic acid groups (broad SMARTS) is 1. The van der Waals surface area contributed by atoms with Crippen LogP contribution >= 0.6 is 0 Å². The fraction of sp³-hybridized carbons (Fsp3) is 0.370. The molecule has 0 aliphatic carbocycles. The van der Waals surface area contributed by atoms with Gasteiger partial charge in [0.05, 0.1) is 29.9 Å². The van der Waals surface area contributed by atoms with Crippen molar-refractivity contribution in [3.8, 4) is 11.8 Å². The molecule has 1 fully saturated rings. The molecule has 2 aromatic heterocycles. The number of hydrogen-bond donors (Lipinski definition) is 2. The number of fused-ring (bicyclic) bond motifs is 2. The third-order valence-corrected chi connectivity index (χ3v) is 7.23. The Kier molecular flexibility index (Phi) is 5.22. The van der Waals surface area contributed by atoms with Gasteiger partial charge in [-0.05, 0) is 61.7 Å². The third kappa shape index (κ3) is 3.58. The highest BCUT2D eigenvalue weighted by Crippen LogP contribution is 2.47. The number of aryl methyl sites for hydroxylation is 1. The summed E-state index contributed by atoms with van der Waals surface area (Å²) in [4.78, 5) is 12.0. The zero-order valence-electron chi connectivity index (χ0n) is 20.1. The van der Waals surface area contributed by atoms with Crippen molar-refractivity contribution in [2.45, 2.75) is 57.5 Å². The van der Waals surface area contributed by atoms with Crippen molar-refractivity contribution in [1.29, 1.82) is 5.26 Å². The van der Waals surface area contributed by atoms with E-state index in [-0.39, 0.29) is 24.8 Å². The fourth-order valence-corrected chi connectivity index (χ4v) is 5.35. The molecule has 0 spiro atoms. The molecule has 0 bridgehead atoms. The van der Waals surface area contributed by atoms with Crippen molar-refractivity contribution in [3.63, 3.8) is 0 Å². The Morgan fingerprint density at radius 2 is 2.17 bits per heavy atom. The van der Waals surface area contributed by atoms with Gasteiger partial charge in [0.1, 0.15) is 5.82 Å². The number of hydrogen-bond acceptors (Lipinski definition) is 4. The fourth-order valence-electron chi connectivity index (χ4n) is 5.35. The molecular weight excluding hydrogens is 447 g/mol. The van der Waals surface area contributed by atoms with Gasteiger partial charge < -0.3 is 14.4 Å². The van der Waals surface area contributed by atoms with E-state index in [4.69, 9.17) is 4.74 Å². The van der Waals surface area contributed by atoms with Gasteiger partial charge in [-0.3, -0.25) is 5.10 Å². The Bertz CT molecular complexity index is 1530. The minimum atomic E-state index is -1.29. The third-order valence-electron chi connectivity index (χ3n) is 7.23. The monoisotopic (exact) mass is 474 g/mol. The number of aromatic nitrogens is 3. The SMILES string of the molecule is Cc1cc(-n2c(C(C)(C)CC#N)c([C@@H]3CO[C@@](C)(C(=O)O)C3)c3cc4[nH]ncc4cc32)ccc1F. The van der Waals surface area contributed by atoms with E-state index in [0.717, 1.165) is 38.8 Å². The number of carboxylic acids is 1. The molecule has 2 aromatic carbocycles. The normalized spacial score (nSPS) is 20.5. The van der Waals surface area contributed by atoms with Crippen LogP contribution in [-0.2, 0) is 14.9 Å². The molecule has 180 valence electrons. The summed E-state index contributed by atoms with van der Waals surface area (Å²) in [5.74, 6) is -1.48. The Labute approximate surface area is 202 Å². The maximum absolute atomic E-state index is 14.2. The number of aromatic amines is 1. The molecule has 0 unspecified atom stereocenters. The van der Waals surface area contributed by atoms with Crippen LogP contribution in [0.5, 0.6) is 0 Å². The molecule has 35 heavy (non-hydrogen) atoms. The van der Waals surface area contributed by atoms with E-state index in [1.807, 2.05) is 26.0 Å². The number of carbonyl (C=O) groups is 1. The Balaban J connectivity index is 1.89. The molecule has 5 rings (SSSR count). The molecule has 2 atom stereocenters. The predicted octanol–water partition coefficient (Wildman–Crippen LogP) is 5.49. The van der Waals surface area contributed by atoms with Gasteiger partial charge in [-0.2, -0.15) is 10.4 Å². The number of nitriles is 1. The minimum Gasteiger partial charge on any atom is -0.479 e. The second-order valence-corrected chi connectivity index (χ2v) is 10.3. The summed E-state index contributed by atoms with van der Waals surface area (Å²) in [6, 6.07) is 11.4. The summed E-state index contributed by atoms with van der Waals surface area (Å²) >= 11 is 0. The summed E-state index contributed by atoms with van der Waals surface area (Å²) in [7, 11) is 0. The van der Waals surface area contributed by atoms with E-state index in [1.165, 1.54) is 6.07 Å². The first-order valence-electron chi connectivity index (χ1n) is 11.6. The van der Waals surface area contributed by atoms with E-state index in [2.05, 4.69) is 20.8 Å².